The van der Waals surface area contributed by atoms with Crippen molar-refractivity contribution in [3.05, 3.63) is 0 Å². The van der Waals surface area contributed by atoms with Crippen LogP contribution in [0.4, 0.5) is 0 Å². The molecule has 0 aromatic rings. The van der Waals surface area contributed by atoms with Gasteiger partial charge in [0.05, 0.1) is 17.6 Å². The third-order valence-electron chi connectivity index (χ3n) is 2.60. The fraction of sp³-hybridized carbons (Fsp3) is 0.889. The molecule has 0 heterocycles. The topological polar surface area (TPSA) is 84.0 Å². The lowest BCUT2D eigenvalue weighted by molar-refractivity contribution is 0.546. The Morgan fingerprint density at radius 1 is 1.43 bits per heavy atom. The fourth-order valence-electron chi connectivity index (χ4n) is 1.56. The van der Waals surface area contributed by atoms with Crippen molar-refractivity contribution < 1.29 is 8.42 Å². The molecular formula is C9H16N2O2S. The number of rotatable bonds is 6. The lowest BCUT2D eigenvalue weighted by Gasteiger charge is -2.10. The van der Waals surface area contributed by atoms with Gasteiger partial charge >= 0.3 is 0 Å². The molecule has 4 nitrogen and oxygen atoms in total. The van der Waals surface area contributed by atoms with Crippen LogP contribution in [0.15, 0.2) is 0 Å². The number of nitrogens with two attached hydrogens (primary N) is 1. The molecule has 0 aromatic carbocycles. The molecule has 1 rings (SSSR count). The highest BCUT2D eigenvalue weighted by Crippen LogP contribution is 2.49. The van der Waals surface area contributed by atoms with E-state index in [1.54, 1.807) is 0 Å². The third-order valence-corrected chi connectivity index (χ3v) is 4.56. The molecule has 0 radical (unpaired) electrons. The van der Waals surface area contributed by atoms with Gasteiger partial charge in [-0.05, 0) is 31.2 Å². The number of hydrogen-bond donors (Lipinski definition) is 1. The summed E-state index contributed by atoms with van der Waals surface area (Å²) in [6.07, 6.45) is 2.64. The Morgan fingerprint density at radius 2 is 2.07 bits per heavy atom. The molecule has 0 aliphatic heterocycles. The van der Waals surface area contributed by atoms with E-state index in [2.05, 4.69) is 6.07 Å². The average molecular weight is 216 g/mol. The average Bonchev–Trinajstić information content (AvgIpc) is 2.81. The minimum atomic E-state index is -2.99. The number of nitrogens with zero attached hydrogens (tertiary/aromatic N) is 1. The van der Waals surface area contributed by atoms with Crippen LogP contribution >= 0.6 is 0 Å². The van der Waals surface area contributed by atoms with Gasteiger partial charge in [-0.15, -0.1) is 0 Å². The molecule has 2 N–H and O–H groups in total. The van der Waals surface area contributed by atoms with E-state index in [1.807, 2.05) is 0 Å². The lowest BCUT2D eigenvalue weighted by atomic mass is 10.1. The van der Waals surface area contributed by atoms with Crippen molar-refractivity contribution in [2.75, 3.05) is 18.1 Å². The van der Waals surface area contributed by atoms with Gasteiger partial charge in [0, 0.05) is 6.42 Å². The molecule has 0 aromatic heterocycles. The van der Waals surface area contributed by atoms with Gasteiger partial charge in [0.25, 0.3) is 0 Å². The van der Waals surface area contributed by atoms with Crippen molar-refractivity contribution in [1.82, 2.24) is 0 Å². The summed E-state index contributed by atoms with van der Waals surface area (Å²) in [6, 6.07) is 2.06. The van der Waals surface area contributed by atoms with E-state index in [9.17, 15) is 8.42 Å². The largest absolute Gasteiger partial charge is 0.330 e. The monoisotopic (exact) mass is 216 g/mol. The molecule has 1 fully saturated rings. The van der Waals surface area contributed by atoms with E-state index in [-0.39, 0.29) is 16.9 Å². The molecule has 80 valence electrons. The predicted molar refractivity (Wildman–Crippen MR) is 54.2 cm³/mol. The maximum Gasteiger partial charge on any atom is 0.150 e. The summed E-state index contributed by atoms with van der Waals surface area (Å²) in [7, 11) is -2.99. The zero-order chi connectivity index (χ0) is 10.7. The molecule has 0 unspecified atom stereocenters. The summed E-state index contributed by atoms with van der Waals surface area (Å²) in [5.74, 6) is 0.338. The van der Waals surface area contributed by atoms with Crippen LogP contribution < -0.4 is 5.73 Å². The van der Waals surface area contributed by atoms with Crippen LogP contribution in [-0.4, -0.2) is 26.5 Å². The van der Waals surface area contributed by atoms with E-state index >= 15 is 0 Å². The van der Waals surface area contributed by atoms with Crippen LogP contribution in [0.5, 0.6) is 0 Å². The molecule has 0 bridgehead atoms. The van der Waals surface area contributed by atoms with Gasteiger partial charge < -0.3 is 5.73 Å². The van der Waals surface area contributed by atoms with Crippen LogP contribution in [0.3, 0.4) is 0 Å². The van der Waals surface area contributed by atoms with Crippen LogP contribution in [0.2, 0.25) is 0 Å². The van der Waals surface area contributed by atoms with Crippen molar-refractivity contribution in [3.63, 3.8) is 0 Å². The highest BCUT2D eigenvalue weighted by atomic mass is 32.2. The quantitative estimate of drug-likeness (QED) is 0.698. The Balaban J connectivity index is 2.47. The predicted octanol–water partition coefficient (Wildman–Crippen LogP) is 0.444. The second-order valence-electron chi connectivity index (χ2n) is 4.07. The summed E-state index contributed by atoms with van der Waals surface area (Å²) in [6.45, 7) is 0.407. The van der Waals surface area contributed by atoms with E-state index < -0.39 is 9.84 Å². The molecular weight excluding hydrogens is 200 g/mol. The van der Waals surface area contributed by atoms with E-state index in [1.165, 1.54) is 0 Å². The minimum absolute atomic E-state index is 0.163. The smallest absolute Gasteiger partial charge is 0.150 e. The first-order chi connectivity index (χ1) is 6.54. The maximum atomic E-state index is 11.6. The number of sulfone groups is 1. The molecule has 14 heavy (non-hydrogen) atoms. The van der Waals surface area contributed by atoms with Crippen molar-refractivity contribution in [3.8, 4) is 6.07 Å². The summed E-state index contributed by atoms with van der Waals surface area (Å²) in [5, 5.41) is 8.55. The second kappa shape index (κ2) is 4.28. The van der Waals surface area contributed by atoms with Crippen LogP contribution in [-0.2, 0) is 9.84 Å². The zero-order valence-corrected chi connectivity index (χ0v) is 9.02. The van der Waals surface area contributed by atoms with Crippen LogP contribution in [0.25, 0.3) is 0 Å². The fourth-order valence-corrected chi connectivity index (χ4v) is 3.63. The maximum absolute atomic E-state index is 11.6. The Kier molecular flexibility index (Phi) is 3.51. The Hall–Kier alpha value is -0.600. The first-order valence-electron chi connectivity index (χ1n) is 4.81. The van der Waals surface area contributed by atoms with Gasteiger partial charge in [-0.1, -0.05) is 0 Å². The first-order valence-corrected chi connectivity index (χ1v) is 6.63. The molecule has 0 spiro atoms. The summed E-state index contributed by atoms with van der Waals surface area (Å²) in [4.78, 5) is 0. The third kappa shape index (κ3) is 3.28. The van der Waals surface area contributed by atoms with Gasteiger partial charge in [0.15, 0.2) is 9.84 Å². The molecule has 1 aliphatic carbocycles. The van der Waals surface area contributed by atoms with Crippen molar-refractivity contribution in [1.29, 1.82) is 5.26 Å². The van der Waals surface area contributed by atoms with Gasteiger partial charge in [-0.25, -0.2) is 8.42 Å². The molecule has 5 heteroatoms. The Labute approximate surface area is 85.0 Å². The Morgan fingerprint density at radius 3 is 2.50 bits per heavy atom. The first kappa shape index (κ1) is 11.5. The minimum Gasteiger partial charge on any atom is -0.330 e. The molecule has 1 saturated carbocycles. The van der Waals surface area contributed by atoms with Crippen molar-refractivity contribution in [2.24, 2.45) is 11.1 Å². The molecule has 0 amide bonds. The molecule has 0 atom stereocenters. The van der Waals surface area contributed by atoms with Gasteiger partial charge in [-0.3, -0.25) is 0 Å². The lowest BCUT2D eigenvalue weighted by Crippen LogP contribution is -2.21. The Bertz CT molecular complexity index is 325. The normalized spacial score (nSPS) is 18.9. The standard InChI is InChI=1S/C9H16N2O2S/c10-5-1-7-14(12,13)8-9(2-3-9)4-6-11/h1-5,7-8,10H2. The number of nitriles is 1. The SMILES string of the molecule is N#CCC1(CS(=O)(=O)CCCN)CC1. The van der Waals surface area contributed by atoms with E-state index in [0.29, 0.717) is 19.4 Å². The van der Waals surface area contributed by atoms with E-state index in [4.69, 9.17) is 11.0 Å². The number of hydrogen-bond acceptors (Lipinski definition) is 4. The van der Waals surface area contributed by atoms with E-state index in [0.717, 1.165) is 12.8 Å². The summed E-state index contributed by atoms with van der Waals surface area (Å²) >= 11 is 0. The summed E-state index contributed by atoms with van der Waals surface area (Å²) in [5.41, 5.74) is 5.05. The second-order valence-corrected chi connectivity index (χ2v) is 6.25. The van der Waals surface area contributed by atoms with Crippen LogP contribution in [0.1, 0.15) is 25.7 Å². The van der Waals surface area contributed by atoms with Crippen LogP contribution in [0, 0.1) is 16.7 Å². The van der Waals surface area contributed by atoms with Gasteiger partial charge in [0.1, 0.15) is 0 Å². The van der Waals surface area contributed by atoms with Crippen molar-refractivity contribution in [2.45, 2.75) is 25.7 Å². The highest BCUT2D eigenvalue weighted by Gasteiger charge is 2.45. The highest BCUT2D eigenvalue weighted by molar-refractivity contribution is 7.91. The molecule has 1 aliphatic rings. The zero-order valence-electron chi connectivity index (χ0n) is 8.20. The van der Waals surface area contributed by atoms with Crippen molar-refractivity contribution >= 4 is 9.84 Å². The molecule has 0 saturated heterocycles. The van der Waals surface area contributed by atoms with Gasteiger partial charge in [0.2, 0.25) is 0 Å². The summed E-state index contributed by atoms with van der Waals surface area (Å²) < 4.78 is 23.1. The van der Waals surface area contributed by atoms with Gasteiger partial charge in [-0.2, -0.15) is 5.26 Å².